The summed E-state index contributed by atoms with van der Waals surface area (Å²) in [5.41, 5.74) is 2.71. The van der Waals surface area contributed by atoms with Crippen LogP contribution in [0.2, 0.25) is 0 Å². The first-order valence-corrected chi connectivity index (χ1v) is 9.05. The number of anilines is 1. The van der Waals surface area contributed by atoms with E-state index in [9.17, 15) is 0 Å². The van der Waals surface area contributed by atoms with Crippen LogP contribution in [-0.4, -0.2) is 37.6 Å². The molecule has 122 valence electrons. The molecule has 0 saturated carbocycles. The molecule has 2 N–H and O–H groups in total. The van der Waals surface area contributed by atoms with Crippen LogP contribution in [0.15, 0.2) is 24.3 Å². The van der Waals surface area contributed by atoms with E-state index in [0.29, 0.717) is 0 Å². The molecule has 2 saturated heterocycles. The molecule has 2 aliphatic heterocycles. The van der Waals surface area contributed by atoms with Gasteiger partial charge in [0, 0.05) is 25.3 Å². The topological polar surface area (TPSA) is 27.3 Å². The quantitative estimate of drug-likeness (QED) is 0.873. The van der Waals surface area contributed by atoms with Gasteiger partial charge in [-0.25, -0.2) is 0 Å². The molecule has 1 aromatic carbocycles. The van der Waals surface area contributed by atoms with E-state index in [1.54, 1.807) is 0 Å². The number of benzene rings is 1. The van der Waals surface area contributed by atoms with Gasteiger partial charge in [-0.1, -0.05) is 19.1 Å². The van der Waals surface area contributed by atoms with Crippen LogP contribution in [-0.2, 0) is 6.54 Å². The standard InChI is InChI=1S/C19H31N3/c1-16-4-3-11-22(14-16)15-17-6-8-19(9-7-17)21-13-18-5-2-10-20-12-18/h6-9,16,18,20-21H,2-5,10-15H2,1H3. The number of likely N-dealkylation sites (tertiary alicyclic amines) is 1. The van der Waals surface area contributed by atoms with E-state index in [2.05, 4.69) is 46.7 Å². The van der Waals surface area contributed by atoms with E-state index in [0.717, 1.165) is 31.5 Å². The van der Waals surface area contributed by atoms with Gasteiger partial charge < -0.3 is 10.6 Å². The molecule has 2 atom stereocenters. The van der Waals surface area contributed by atoms with Crippen molar-refractivity contribution in [1.29, 1.82) is 0 Å². The van der Waals surface area contributed by atoms with Gasteiger partial charge in [-0.3, -0.25) is 4.90 Å². The average Bonchev–Trinajstić information content (AvgIpc) is 2.55. The SMILES string of the molecule is CC1CCCN(Cc2ccc(NCC3CCCNC3)cc2)C1. The van der Waals surface area contributed by atoms with Crippen LogP contribution in [0.3, 0.4) is 0 Å². The summed E-state index contributed by atoms with van der Waals surface area (Å²) in [5, 5.41) is 7.08. The van der Waals surface area contributed by atoms with E-state index < -0.39 is 0 Å². The first-order valence-electron chi connectivity index (χ1n) is 9.05. The minimum atomic E-state index is 0.781. The van der Waals surface area contributed by atoms with E-state index in [1.807, 2.05) is 0 Å². The van der Waals surface area contributed by atoms with Gasteiger partial charge in [0.05, 0.1) is 0 Å². The Morgan fingerprint density at radius 1 is 1.18 bits per heavy atom. The summed E-state index contributed by atoms with van der Waals surface area (Å²) in [7, 11) is 0. The molecule has 3 nitrogen and oxygen atoms in total. The molecular weight excluding hydrogens is 270 g/mol. The van der Waals surface area contributed by atoms with Crippen LogP contribution in [0, 0.1) is 11.8 Å². The highest BCUT2D eigenvalue weighted by atomic mass is 15.1. The van der Waals surface area contributed by atoms with Crippen LogP contribution in [0.5, 0.6) is 0 Å². The fourth-order valence-corrected chi connectivity index (χ4v) is 3.78. The van der Waals surface area contributed by atoms with E-state index in [4.69, 9.17) is 0 Å². The smallest absolute Gasteiger partial charge is 0.0340 e. The second-order valence-corrected chi connectivity index (χ2v) is 7.27. The maximum absolute atomic E-state index is 3.60. The molecule has 0 spiro atoms. The average molecular weight is 301 g/mol. The number of hydrogen-bond acceptors (Lipinski definition) is 3. The third-order valence-electron chi connectivity index (χ3n) is 5.10. The molecule has 1 aromatic rings. The Bertz CT molecular complexity index is 436. The summed E-state index contributed by atoms with van der Waals surface area (Å²) >= 11 is 0. The fraction of sp³-hybridized carbons (Fsp3) is 0.684. The first-order chi connectivity index (χ1) is 10.8. The van der Waals surface area contributed by atoms with Crippen molar-refractivity contribution in [2.24, 2.45) is 11.8 Å². The summed E-state index contributed by atoms with van der Waals surface area (Å²) in [5.74, 6) is 1.64. The van der Waals surface area contributed by atoms with Crippen LogP contribution >= 0.6 is 0 Å². The Kier molecular flexibility index (Phi) is 5.74. The molecule has 22 heavy (non-hydrogen) atoms. The highest BCUT2D eigenvalue weighted by molar-refractivity contribution is 5.44. The Morgan fingerprint density at radius 3 is 2.77 bits per heavy atom. The second kappa shape index (κ2) is 7.98. The van der Waals surface area contributed by atoms with E-state index in [1.165, 1.54) is 56.6 Å². The minimum Gasteiger partial charge on any atom is -0.385 e. The lowest BCUT2D eigenvalue weighted by molar-refractivity contribution is 0.176. The predicted molar refractivity (Wildman–Crippen MR) is 94.2 cm³/mol. The number of rotatable bonds is 5. The van der Waals surface area contributed by atoms with Crippen molar-refractivity contribution in [2.75, 3.05) is 38.0 Å². The lowest BCUT2D eigenvalue weighted by Crippen LogP contribution is -2.33. The molecule has 0 aliphatic carbocycles. The Labute approximate surface area is 135 Å². The predicted octanol–water partition coefficient (Wildman–Crippen LogP) is 3.33. The summed E-state index contributed by atoms with van der Waals surface area (Å²) in [4.78, 5) is 2.60. The third-order valence-corrected chi connectivity index (χ3v) is 5.10. The number of nitrogens with zero attached hydrogens (tertiary/aromatic N) is 1. The zero-order valence-electron chi connectivity index (χ0n) is 14.0. The minimum absolute atomic E-state index is 0.781. The Balaban J connectivity index is 1.45. The molecule has 0 bridgehead atoms. The van der Waals surface area contributed by atoms with Crippen molar-refractivity contribution < 1.29 is 0 Å². The zero-order valence-corrected chi connectivity index (χ0v) is 14.0. The van der Waals surface area contributed by atoms with Gasteiger partial charge in [-0.2, -0.15) is 0 Å². The maximum Gasteiger partial charge on any atom is 0.0340 e. The van der Waals surface area contributed by atoms with Crippen LogP contribution in [0.25, 0.3) is 0 Å². The molecule has 2 aliphatic rings. The van der Waals surface area contributed by atoms with Crippen molar-refractivity contribution in [3.63, 3.8) is 0 Å². The second-order valence-electron chi connectivity index (χ2n) is 7.27. The largest absolute Gasteiger partial charge is 0.385 e. The van der Waals surface area contributed by atoms with Gasteiger partial charge in [-0.05, 0) is 74.8 Å². The van der Waals surface area contributed by atoms with Crippen molar-refractivity contribution in [2.45, 2.75) is 39.2 Å². The highest BCUT2D eigenvalue weighted by Gasteiger charge is 2.16. The summed E-state index contributed by atoms with van der Waals surface area (Å²) in [6.45, 7) is 9.46. The van der Waals surface area contributed by atoms with Crippen LogP contribution in [0.4, 0.5) is 5.69 Å². The van der Waals surface area contributed by atoms with E-state index in [-0.39, 0.29) is 0 Å². The monoisotopic (exact) mass is 301 g/mol. The van der Waals surface area contributed by atoms with Crippen LogP contribution in [0.1, 0.15) is 38.2 Å². The van der Waals surface area contributed by atoms with E-state index >= 15 is 0 Å². The van der Waals surface area contributed by atoms with Gasteiger partial charge in [-0.15, -0.1) is 0 Å². The lowest BCUT2D eigenvalue weighted by atomic mass is 9.99. The van der Waals surface area contributed by atoms with Crippen molar-refractivity contribution in [3.05, 3.63) is 29.8 Å². The number of hydrogen-bond donors (Lipinski definition) is 2. The van der Waals surface area contributed by atoms with Crippen molar-refractivity contribution in [1.82, 2.24) is 10.2 Å². The maximum atomic E-state index is 3.60. The third kappa shape index (κ3) is 4.72. The lowest BCUT2D eigenvalue weighted by Gasteiger charge is -2.30. The van der Waals surface area contributed by atoms with Gasteiger partial charge in [0.2, 0.25) is 0 Å². The van der Waals surface area contributed by atoms with Crippen molar-refractivity contribution in [3.8, 4) is 0 Å². The Hall–Kier alpha value is -1.06. The van der Waals surface area contributed by atoms with Gasteiger partial charge >= 0.3 is 0 Å². The summed E-state index contributed by atoms with van der Waals surface area (Å²) in [6, 6.07) is 9.08. The molecule has 2 unspecified atom stereocenters. The van der Waals surface area contributed by atoms with Gasteiger partial charge in [0.1, 0.15) is 0 Å². The number of nitrogens with one attached hydrogen (secondary N) is 2. The van der Waals surface area contributed by atoms with Gasteiger partial charge in [0.25, 0.3) is 0 Å². The molecule has 0 amide bonds. The first kappa shape index (κ1) is 15.8. The Morgan fingerprint density at radius 2 is 2.05 bits per heavy atom. The number of piperidine rings is 2. The fourth-order valence-electron chi connectivity index (χ4n) is 3.78. The molecule has 0 aromatic heterocycles. The molecular formula is C19H31N3. The molecule has 3 rings (SSSR count). The molecule has 3 heteroatoms. The van der Waals surface area contributed by atoms with Crippen molar-refractivity contribution >= 4 is 5.69 Å². The highest BCUT2D eigenvalue weighted by Crippen LogP contribution is 2.19. The summed E-state index contributed by atoms with van der Waals surface area (Å²) in [6.07, 6.45) is 5.43. The summed E-state index contributed by atoms with van der Waals surface area (Å²) < 4.78 is 0. The normalized spacial score (nSPS) is 26.8. The van der Waals surface area contributed by atoms with Crippen LogP contribution < -0.4 is 10.6 Å². The molecule has 2 heterocycles. The molecule has 0 radical (unpaired) electrons. The van der Waals surface area contributed by atoms with Gasteiger partial charge in [0.15, 0.2) is 0 Å². The zero-order chi connectivity index (χ0) is 15.2. The molecule has 2 fully saturated rings.